The lowest BCUT2D eigenvalue weighted by Crippen LogP contribution is -2.15. The van der Waals surface area contributed by atoms with E-state index in [2.05, 4.69) is 51.4 Å². The Kier molecular flexibility index (Phi) is 5.14. The van der Waals surface area contributed by atoms with Gasteiger partial charge in [-0.3, -0.25) is 4.98 Å². The van der Waals surface area contributed by atoms with Gasteiger partial charge in [0.15, 0.2) is 0 Å². The maximum Gasteiger partial charge on any atom is 0.0758 e. The lowest BCUT2D eigenvalue weighted by atomic mass is 10.1. The van der Waals surface area contributed by atoms with E-state index in [1.54, 1.807) is 0 Å². The summed E-state index contributed by atoms with van der Waals surface area (Å²) in [5.74, 6) is 0. The van der Waals surface area contributed by atoms with Crippen LogP contribution in [0, 0.1) is 0 Å². The van der Waals surface area contributed by atoms with E-state index in [0.717, 1.165) is 23.1 Å². The van der Waals surface area contributed by atoms with Crippen LogP contribution in [0.5, 0.6) is 0 Å². The van der Waals surface area contributed by atoms with E-state index in [0.29, 0.717) is 0 Å². The Morgan fingerprint density at radius 1 is 1.22 bits per heavy atom. The first kappa shape index (κ1) is 13.5. The molecule has 0 saturated heterocycles. The smallest absolute Gasteiger partial charge is 0.0758 e. The summed E-state index contributed by atoms with van der Waals surface area (Å²) in [7, 11) is 0. The molecule has 0 aliphatic carbocycles. The molecule has 0 bridgehead atoms. The van der Waals surface area contributed by atoms with E-state index in [9.17, 15) is 0 Å². The molecular weight excluding hydrogens is 288 g/mol. The van der Waals surface area contributed by atoms with E-state index in [1.807, 2.05) is 12.3 Å². The first-order valence-electron chi connectivity index (χ1n) is 6.55. The summed E-state index contributed by atoms with van der Waals surface area (Å²) in [4.78, 5) is 4.49. The molecule has 1 aromatic carbocycles. The predicted molar refractivity (Wildman–Crippen MR) is 80.7 cm³/mol. The van der Waals surface area contributed by atoms with Crippen LogP contribution in [0.15, 0.2) is 34.9 Å². The van der Waals surface area contributed by atoms with Gasteiger partial charge in [0, 0.05) is 22.6 Å². The number of fused-ring (bicyclic) bond motifs is 1. The van der Waals surface area contributed by atoms with Crippen molar-refractivity contribution in [1.29, 1.82) is 0 Å². The van der Waals surface area contributed by atoms with Crippen molar-refractivity contribution in [3.8, 4) is 0 Å². The van der Waals surface area contributed by atoms with Crippen molar-refractivity contribution in [3.05, 3.63) is 40.5 Å². The van der Waals surface area contributed by atoms with Gasteiger partial charge in [0.25, 0.3) is 0 Å². The molecule has 18 heavy (non-hydrogen) atoms. The molecule has 0 aliphatic heterocycles. The normalized spacial score (nSPS) is 11.0. The predicted octanol–water partition coefficient (Wildman–Crippen LogP) is 4.28. The van der Waals surface area contributed by atoms with Gasteiger partial charge in [0.05, 0.1) is 5.52 Å². The first-order valence-corrected chi connectivity index (χ1v) is 7.35. The molecule has 0 saturated carbocycles. The number of hydrogen-bond donors (Lipinski definition) is 1. The molecule has 2 nitrogen and oxygen atoms in total. The van der Waals surface area contributed by atoms with Gasteiger partial charge in [-0.1, -0.05) is 47.8 Å². The summed E-state index contributed by atoms with van der Waals surface area (Å²) >= 11 is 3.57. The van der Waals surface area contributed by atoms with E-state index in [4.69, 9.17) is 0 Å². The number of nitrogens with one attached hydrogen (secondary N) is 1. The topological polar surface area (TPSA) is 24.9 Å². The number of halogens is 1. The van der Waals surface area contributed by atoms with Gasteiger partial charge in [-0.25, -0.2) is 0 Å². The Balaban J connectivity index is 2.07. The number of aromatic nitrogens is 1. The average Bonchev–Trinajstić information content (AvgIpc) is 2.41. The van der Waals surface area contributed by atoms with Gasteiger partial charge in [-0.05, 0) is 30.7 Å². The van der Waals surface area contributed by atoms with Crippen molar-refractivity contribution in [3.63, 3.8) is 0 Å². The van der Waals surface area contributed by atoms with Gasteiger partial charge >= 0.3 is 0 Å². The first-order chi connectivity index (χ1) is 8.83. The Hall–Kier alpha value is -0.930. The summed E-state index contributed by atoms with van der Waals surface area (Å²) in [6.45, 7) is 4.20. The highest BCUT2D eigenvalue weighted by atomic mass is 79.9. The van der Waals surface area contributed by atoms with Crippen LogP contribution in [0.2, 0.25) is 0 Å². The van der Waals surface area contributed by atoms with E-state index >= 15 is 0 Å². The van der Waals surface area contributed by atoms with Gasteiger partial charge in [0.1, 0.15) is 0 Å². The summed E-state index contributed by atoms with van der Waals surface area (Å²) in [5, 5.41) is 4.68. The van der Waals surface area contributed by atoms with Crippen LogP contribution in [-0.2, 0) is 6.54 Å². The fraction of sp³-hybridized carbons (Fsp3) is 0.400. The fourth-order valence-electron chi connectivity index (χ4n) is 2.06. The van der Waals surface area contributed by atoms with Crippen LogP contribution in [0.4, 0.5) is 0 Å². The van der Waals surface area contributed by atoms with E-state index in [1.165, 1.54) is 30.2 Å². The Morgan fingerprint density at radius 3 is 2.94 bits per heavy atom. The van der Waals surface area contributed by atoms with E-state index in [-0.39, 0.29) is 0 Å². The zero-order valence-electron chi connectivity index (χ0n) is 10.7. The second-order valence-electron chi connectivity index (χ2n) is 4.49. The number of hydrogen-bond acceptors (Lipinski definition) is 2. The van der Waals surface area contributed by atoms with Gasteiger partial charge in [0.2, 0.25) is 0 Å². The van der Waals surface area contributed by atoms with Crippen molar-refractivity contribution in [2.24, 2.45) is 0 Å². The van der Waals surface area contributed by atoms with Crippen molar-refractivity contribution in [2.75, 3.05) is 6.54 Å². The highest BCUT2D eigenvalue weighted by Gasteiger charge is 2.04. The maximum absolute atomic E-state index is 4.49. The average molecular weight is 307 g/mol. The maximum atomic E-state index is 4.49. The zero-order valence-corrected chi connectivity index (χ0v) is 12.3. The molecule has 0 radical (unpaired) electrons. The summed E-state index contributed by atoms with van der Waals surface area (Å²) < 4.78 is 1.11. The molecule has 0 amide bonds. The Morgan fingerprint density at radius 2 is 2.11 bits per heavy atom. The Bertz CT molecular complexity index is 511. The molecule has 2 rings (SSSR count). The van der Waals surface area contributed by atoms with Crippen molar-refractivity contribution < 1.29 is 0 Å². The standard InChI is InChI=1S/C15H19BrN2/c1-2-3-4-9-17-11-12-7-8-14(16)13-6-5-10-18-15(12)13/h5-8,10,17H,2-4,9,11H2,1H3. The second kappa shape index (κ2) is 6.86. The van der Waals surface area contributed by atoms with Crippen LogP contribution in [0.3, 0.4) is 0 Å². The van der Waals surface area contributed by atoms with Crippen LogP contribution in [0.25, 0.3) is 10.9 Å². The number of pyridine rings is 1. The number of benzene rings is 1. The van der Waals surface area contributed by atoms with Crippen LogP contribution >= 0.6 is 15.9 Å². The molecule has 1 heterocycles. The molecule has 0 atom stereocenters. The number of unbranched alkanes of at least 4 members (excludes halogenated alkanes) is 2. The minimum Gasteiger partial charge on any atom is -0.313 e. The molecule has 1 N–H and O–H groups in total. The van der Waals surface area contributed by atoms with Crippen molar-refractivity contribution in [2.45, 2.75) is 32.7 Å². The highest BCUT2D eigenvalue weighted by molar-refractivity contribution is 9.10. The SMILES string of the molecule is CCCCCNCc1ccc(Br)c2cccnc12. The molecule has 2 aromatic rings. The third-order valence-corrected chi connectivity index (χ3v) is 3.76. The molecule has 3 heteroatoms. The third-order valence-electron chi connectivity index (χ3n) is 3.07. The molecule has 0 fully saturated rings. The summed E-state index contributed by atoms with van der Waals surface area (Å²) in [6, 6.07) is 8.33. The Labute approximate surface area is 117 Å². The van der Waals surface area contributed by atoms with Crippen molar-refractivity contribution in [1.82, 2.24) is 10.3 Å². The molecule has 0 unspecified atom stereocenters. The minimum atomic E-state index is 0.893. The molecule has 0 spiro atoms. The second-order valence-corrected chi connectivity index (χ2v) is 5.34. The van der Waals surface area contributed by atoms with Gasteiger partial charge in [-0.2, -0.15) is 0 Å². The minimum absolute atomic E-state index is 0.893. The van der Waals surface area contributed by atoms with Gasteiger partial charge < -0.3 is 5.32 Å². The lowest BCUT2D eigenvalue weighted by Gasteiger charge is -2.08. The molecule has 96 valence electrons. The van der Waals surface area contributed by atoms with Crippen LogP contribution in [0.1, 0.15) is 31.7 Å². The summed E-state index contributed by atoms with van der Waals surface area (Å²) in [5.41, 5.74) is 2.36. The van der Waals surface area contributed by atoms with Crippen molar-refractivity contribution >= 4 is 26.8 Å². The van der Waals surface area contributed by atoms with E-state index < -0.39 is 0 Å². The molecule has 1 aromatic heterocycles. The van der Waals surface area contributed by atoms with Crippen LogP contribution in [-0.4, -0.2) is 11.5 Å². The molecule has 0 aliphatic rings. The summed E-state index contributed by atoms with van der Waals surface area (Å²) in [6.07, 6.45) is 5.67. The largest absolute Gasteiger partial charge is 0.313 e. The van der Waals surface area contributed by atoms with Gasteiger partial charge in [-0.15, -0.1) is 0 Å². The zero-order chi connectivity index (χ0) is 12.8. The monoisotopic (exact) mass is 306 g/mol. The quantitative estimate of drug-likeness (QED) is 0.806. The molecular formula is C15H19BrN2. The van der Waals surface area contributed by atoms with Crippen LogP contribution < -0.4 is 5.32 Å². The lowest BCUT2D eigenvalue weighted by molar-refractivity contribution is 0.618. The fourth-order valence-corrected chi connectivity index (χ4v) is 2.51. The number of nitrogens with zero attached hydrogens (tertiary/aromatic N) is 1. The number of rotatable bonds is 6. The highest BCUT2D eigenvalue weighted by Crippen LogP contribution is 2.24. The third kappa shape index (κ3) is 3.30.